The molecule has 1 atom stereocenters. The van der Waals surface area contributed by atoms with Gasteiger partial charge in [0.2, 0.25) is 0 Å². The fourth-order valence-corrected chi connectivity index (χ4v) is 1.78. The van der Waals surface area contributed by atoms with E-state index in [1.54, 1.807) is 0 Å². The molecule has 0 aliphatic heterocycles. The van der Waals surface area contributed by atoms with E-state index < -0.39 is 17.7 Å². The minimum atomic E-state index is -0.632. The van der Waals surface area contributed by atoms with Gasteiger partial charge >= 0.3 is 0 Å². The van der Waals surface area contributed by atoms with Gasteiger partial charge < -0.3 is 0 Å². The molecule has 0 saturated carbocycles. The molecule has 0 amide bonds. The Morgan fingerprint density at radius 1 is 1.24 bits per heavy atom. The minimum absolute atomic E-state index is 0.217. The van der Waals surface area contributed by atoms with Gasteiger partial charge in [0.15, 0.2) is 0 Å². The number of rotatable bonds is 5. The third-order valence-electron chi connectivity index (χ3n) is 2.65. The molecule has 0 spiro atoms. The van der Waals surface area contributed by atoms with Gasteiger partial charge in [-0.05, 0) is 30.9 Å². The van der Waals surface area contributed by atoms with Gasteiger partial charge in [0.1, 0.15) is 11.6 Å². The first kappa shape index (κ1) is 14.4. The number of nitrogens with one attached hydrogen (secondary N) is 1. The fourth-order valence-electron chi connectivity index (χ4n) is 1.63. The van der Waals surface area contributed by atoms with E-state index in [0.717, 1.165) is 18.6 Å². The summed E-state index contributed by atoms with van der Waals surface area (Å²) in [5, 5.41) is -0.217. The Balaban J connectivity index is 2.91. The van der Waals surface area contributed by atoms with Gasteiger partial charge in [-0.1, -0.05) is 25.4 Å². The summed E-state index contributed by atoms with van der Waals surface area (Å²) in [6.45, 7) is 4.12. The molecule has 0 radical (unpaired) electrons. The molecule has 5 heteroatoms. The van der Waals surface area contributed by atoms with Crippen LogP contribution in [0.2, 0.25) is 5.02 Å². The first-order valence-corrected chi connectivity index (χ1v) is 5.94. The first-order chi connectivity index (χ1) is 7.95. The molecule has 0 heterocycles. The zero-order valence-electron chi connectivity index (χ0n) is 9.93. The summed E-state index contributed by atoms with van der Waals surface area (Å²) in [4.78, 5) is 0. The van der Waals surface area contributed by atoms with E-state index in [0.29, 0.717) is 12.3 Å². The van der Waals surface area contributed by atoms with Crippen LogP contribution in [0, 0.1) is 17.6 Å². The van der Waals surface area contributed by atoms with Crippen molar-refractivity contribution in [2.45, 2.75) is 32.7 Å². The molecule has 1 unspecified atom stereocenters. The number of hydrogen-bond donors (Lipinski definition) is 2. The molecule has 1 aromatic carbocycles. The van der Waals surface area contributed by atoms with E-state index in [-0.39, 0.29) is 10.6 Å². The number of hydrazine groups is 1. The van der Waals surface area contributed by atoms with Crippen LogP contribution in [0.25, 0.3) is 0 Å². The van der Waals surface area contributed by atoms with E-state index in [2.05, 4.69) is 19.3 Å². The van der Waals surface area contributed by atoms with Crippen LogP contribution >= 0.6 is 11.6 Å². The molecule has 0 aliphatic carbocycles. The van der Waals surface area contributed by atoms with Crippen LogP contribution in [-0.2, 0) is 0 Å². The summed E-state index contributed by atoms with van der Waals surface area (Å²) in [5.74, 6) is 4.68. The van der Waals surface area contributed by atoms with Gasteiger partial charge in [-0.3, -0.25) is 11.3 Å². The van der Waals surface area contributed by atoms with Crippen LogP contribution < -0.4 is 11.3 Å². The van der Waals surface area contributed by atoms with Gasteiger partial charge in [-0.15, -0.1) is 0 Å². The second kappa shape index (κ2) is 6.28. The largest absolute Gasteiger partial charge is 0.271 e. The zero-order chi connectivity index (χ0) is 13.0. The molecule has 0 saturated heterocycles. The normalized spacial score (nSPS) is 13.1. The molecule has 0 bridgehead atoms. The highest BCUT2D eigenvalue weighted by molar-refractivity contribution is 6.30. The summed E-state index contributed by atoms with van der Waals surface area (Å²) in [7, 11) is 0. The molecule has 0 fully saturated rings. The molecule has 96 valence electrons. The fraction of sp³-hybridized carbons (Fsp3) is 0.500. The van der Waals surface area contributed by atoms with Gasteiger partial charge in [-0.2, -0.15) is 0 Å². The second-order valence-electron chi connectivity index (χ2n) is 4.48. The van der Waals surface area contributed by atoms with Crippen LogP contribution in [0.5, 0.6) is 0 Å². The zero-order valence-corrected chi connectivity index (χ0v) is 10.7. The molecule has 2 nitrogen and oxygen atoms in total. The van der Waals surface area contributed by atoms with Crippen LogP contribution in [-0.4, -0.2) is 0 Å². The average molecular weight is 263 g/mol. The Morgan fingerprint density at radius 2 is 1.88 bits per heavy atom. The molecule has 1 aromatic rings. The summed E-state index contributed by atoms with van der Waals surface area (Å²) in [6.07, 6.45) is 1.52. The van der Waals surface area contributed by atoms with Crippen LogP contribution in [0.4, 0.5) is 8.78 Å². The Bertz CT molecular complexity index is 383. The van der Waals surface area contributed by atoms with Crippen molar-refractivity contribution in [2.24, 2.45) is 11.8 Å². The standard InChI is InChI=1S/C12H17ClF2N2/c1-7(2)3-4-12(17-16)8-5-11(15)9(13)6-10(8)14/h5-7,12,17H,3-4,16H2,1-2H3. The number of nitrogens with two attached hydrogens (primary N) is 1. The highest BCUT2D eigenvalue weighted by Crippen LogP contribution is 2.27. The van der Waals surface area contributed by atoms with Gasteiger partial charge in [0.05, 0.1) is 5.02 Å². The van der Waals surface area contributed by atoms with Crippen molar-refractivity contribution in [2.75, 3.05) is 0 Å². The Morgan fingerprint density at radius 3 is 2.41 bits per heavy atom. The molecular formula is C12H17ClF2N2. The molecule has 0 aromatic heterocycles. The van der Waals surface area contributed by atoms with E-state index in [4.69, 9.17) is 17.4 Å². The van der Waals surface area contributed by atoms with Crippen LogP contribution in [0.3, 0.4) is 0 Å². The third kappa shape index (κ3) is 3.91. The van der Waals surface area contributed by atoms with E-state index >= 15 is 0 Å². The Hall–Kier alpha value is -0.710. The summed E-state index contributed by atoms with van der Waals surface area (Å²) in [6, 6.07) is 1.68. The van der Waals surface area contributed by atoms with Crippen molar-refractivity contribution in [3.8, 4) is 0 Å². The predicted octanol–water partition coefficient (Wildman–Crippen LogP) is 3.56. The SMILES string of the molecule is CC(C)CCC(NN)c1cc(F)c(Cl)cc1F. The van der Waals surface area contributed by atoms with Crippen molar-refractivity contribution >= 4 is 11.6 Å². The third-order valence-corrected chi connectivity index (χ3v) is 2.94. The average Bonchev–Trinajstić information content (AvgIpc) is 2.25. The lowest BCUT2D eigenvalue weighted by Crippen LogP contribution is -2.29. The molecule has 3 N–H and O–H groups in total. The summed E-state index contributed by atoms with van der Waals surface area (Å²) < 4.78 is 26.9. The lowest BCUT2D eigenvalue weighted by molar-refractivity contribution is 0.431. The predicted molar refractivity (Wildman–Crippen MR) is 65.5 cm³/mol. The maximum Gasteiger partial charge on any atom is 0.142 e. The van der Waals surface area contributed by atoms with Gasteiger partial charge in [0, 0.05) is 11.6 Å². The van der Waals surface area contributed by atoms with Crippen molar-refractivity contribution in [1.82, 2.24) is 5.43 Å². The van der Waals surface area contributed by atoms with Crippen molar-refractivity contribution in [3.63, 3.8) is 0 Å². The highest BCUT2D eigenvalue weighted by Gasteiger charge is 2.17. The maximum atomic E-state index is 13.6. The van der Waals surface area contributed by atoms with Gasteiger partial charge in [0.25, 0.3) is 0 Å². The van der Waals surface area contributed by atoms with Crippen molar-refractivity contribution < 1.29 is 8.78 Å². The number of halogens is 3. The van der Waals surface area contributed by atoms with Crippen LogP contribution in [0.1, 0.15) is 38.3 Å². The first-order valence-electron chi connectivity index (χ1n) is 5.56. The minimum Gasteiger partial charge on any atom is -0.271 e. The molecule has 17 heavy (non-hydrogen) atoms. The smallest absolute Gasteiger partial charge is 0.142 e. The Labute approximate surface area is 105 Å². The highest BCUT2D eigenvalue weighted by atomic mass is 35.5. The summed E-state index contributed by atoms with van der Waals surface area (Å²) in [5.41, 5.74) is 2.73. The van der Waals surface area contributed by atoms with Crippen molar-refractivity contribution in [3.05, 3.63) is 34.4 Å². The summed E-state index contributed by atoms with van der Waals surface area (Å²) >= 11 is 5.49. The maximum absolute atomic E-state index is 13.6. The van der Waals surface area contributed by atoms with Crippen molar-refractivity contribution in [1.29, 1.82) is 0 Å². The lowest BCUT2D eigenvalue weighted by Gasteiger charge is -2.18. The lowest BCUT2D eigenvalue weighted by atomic mass is 9.97. The second-order valence-corrected chi connectivity index (χ2v) is 4.89. The molecule has 1 rings (SSSR count). The topological polar surface area (TPSA) is 38.0 Å². The monoisotopic (exact) mass is 262 g/mol. The van der Waals surface area contributed by atoms with E-state index in [1.807, 2.05) is 0 Å². The van der Waals surface area contributed by atoms with E-state index in [9.17, 15) is 8.78 Å². The van der Waals surface area contributed by atoms with Crippen LogP contribution in [0.15, 0.2) is 12.1 Å². The number of benzene rings is 1. The molecule has 0 aliphatic rings. The van der Waals surface area contributed by atoms with E-state index in [1.165, 1.54) is 0 Å². The Kier molecular flexibility index (Phi) is 5.31. The number of hydrogen-bond acceptors (Lipinski definition) is 2. The quantitative estimate of drug-likeness (QED) is 0.484. The van der Waals surface area contributed by atoms with Gasteiger partial charge in [-0.25, -0.2) is 8.78 Å². The molecular weight excluding hydrogens is 246 g/mol.